The Morgan fingerprint density at radius 2 is 1.06 bits per heavy atom. The van der Waals surface area contributed by atoms with Gasteiger partial charge in [0.05, 0.1) is 40.6 Å². The maximum Gasteiger partial charge on any atom is 0.354 e. The van der Waals surface area contributed by atoms with Gasteiger partial charge in [0.2, 0.25) is 0 Å². The lowest BCUT2D eigenvalue weighted by Gasteiger charge is -2.16. The Kier molecular flexibility index (Phi) is 8.35. The normalized spacial score (nSPS) is 11.4. The molecule has 2 aromatic carbocycles. The molecule has 10 heteroatoms. The molecule has 0 aliphatic carbocycles. The monoisotopic (exact) mass is 442 g/mol. The van der Waals surface area contributed by atoms with E-state index in [1.165, 1.54) is 28.4 Å². The van der Waals surface area contributed by atoms with Gasteiger partial charge in [-0.25, -0.2) is 19.2 Å². The fourth-order valence-electron chi connectivity index (χ4n) is 2.71. The second kappa shape index (κ2) is 11.2. The average Bonchev–Trinajstić information content (AvgIpc) is 2.81. The summed E-state index contributed by atoms with van der Waals surface area (Å²) < 4.78 is 18.6. The first-order valence-corrected chi connectivity index (χ1v) is 9.16. The van der Waals surface area contributed by atoms with Crippen LogP contribution >= 0.6 is 0 Å². The van der Waals surface area contributed by atoms with E-state index in [4.69, 9.17) is 9.47 Å². The van der Waals surface area contributed by atoms with Crippen molar-refractivity contribution in [2.24, 2.45) is 0 Å². The second-order valence-electron chi connectivity index (χ2n) is 6.10. The first-order chi connectivity index (χ1) is 15.3. The highest BCUT2D eigenvalue weighted by Crippen LogP contribution is 2.32. The Bertz CT molecular complexity index is 1020. The van der Waals surface area contributed by atoms with Crippen molar-refractivity contribution >= 4 is 46.0 Å². The summed E-state index contributed by atoms with van der Waals surface area (Å²) in [5, 5.41) is 7.01. The molecule has 0 atom stereocenters. The number of esters is 4. The van der Waals surface area contributed by atoms with Crippen LogP contribution in [-0.4, -0.2) is 52.3 Å². The molecule has 0 fully saturated rings. The van der Waals surface area contributed by atoms with Crippen molar-refractivity contribution in [3.05, 3.63) is 59.9 Å². The molecule has 2 N–H and O–H groups in total. The highest BCUT2D eigenvalue weighted by molar-refractivity contribution is 6.09. The number of ether oxygens (including phenoxy) is 4. The highest BCUT2D eigenvalue weighted by atomic mass is 16.5. The summed E-state index contributed by atoms with van der Waals surface area (Å²) in [4.78, 5) is 47.7. The zero-order chi connectivity index (χ0) is 23.7. The summed E-state index contributed by atoms with van der Waals surface area (Å²) in [7, 11) is 4.70. The number of anilines is 2. The van der Waals surface area contributed by atoms with Crippen molar-refractivity contribution in [3.8, 4) is 0 Å². The number of fused-ring (bicyclic) bond motifs is 1. The van der Waals surface area contributed by atoms with Crippen LogP contribution in [0.4, 0.5) is 11.4 Å². The van der Waals surface area contributed by atoms with Crippen molar-refractivity contribution < 1.29 is 38.1 Å². The van der Waals surface area contributed by atoms with Crippen LogP contribution in [0.25, 0.3) is 10.8 Å². The molecule has 0 aliphatic heterocycles. The summed E-state index contributed by atoms with van der Waals surface area (Å²) in [5.74, 6) is -3.10. The van der Waals surface area contributed by atoms with Crippen molar-refractivity contribution in [1.82, 2.24) is 0 Å². The Labute approximate surface area is 183 Å². The van der Waals surface area contributed by atoms with Gasteiger partial charge in [0.15, 0.2) is 0 Å². The largest absolute Gasteiger partial charge is 0.466 e. The smallest absolute Gasteiger partial charge is 0.354 e. The molecule has 0 saturated carbocycles. The van der Waals surface area contributed by atoms with E-state index in [-0.39, 0.29) is 11.4 Å². The minimum absolute atomic E-state index is 0.167. The van der Waals surface area contributed by atoms with Crippen LogP contribution in [0.2, 0.25) is 0 Å². The summed E-state index contributed by atoms with van der Waals surface area (Å²) in [5.41, 5.74) is 0.488. The molecule has 0 bridgehead atoms. The van der Waals surface area contributed by atoms with Crippen molar-refractivity contribution in [3.63, 3.8) is 0 Å². The molecule has 2 rings (SSSR count). The zero-order valence-electron chi connectivity index (χ0n) is 17.9. The third-order valence-electron chi connectivity index (χ3n) is 4.18. The fourth-order valence-corrected chi connectivity index (χ4v) is 2.71. The van der Waals surface area contributed by atoms with Crippen molar-refractivity contribution in [2.45, 2.75) is 0 Å². The fraction of sp³-hybridized carbons (Fsp3) is 0.182. The van der Waals surface area contributed by atoms with E-state index in [2.05, 4.69) is 20.1 Å². The quantitative estimate of drug-likeness (QED) is 0.356. The van der Waals surface area contributed by atoms with Crippen LogP contribution in [0, 0.1) is 0 Å². The Morgan fingerprint density at radius 3 is 1.41 bits per heavy atom. The number of benzene rings is 2. The maximum absolute atomic E-state index is 12.2. The predicted octanol–water partition coefficient (Wildman–Crippen LogP) is 2.12. The molecule has 2 aromatic rings. The van der Waals surface area contributed by atoms with Gasteiger partial charge in [-0.3, -0.25) is 0 Å². The third kappa shape index (κ3) is 5.85. The minimum Gasteiger partial charge on any atom is -0.466 e. The lowest BCUT2D eigenvalue weighted by Crippen LogP contribution is -2.17. The Hall–Kier alpha value is -4.34. The van der Waals surface area contributed by atoms with E-state index < -0.39 is 23.9 Å². The van der Waals surface area contributed by atoms with Gasteiger partial charge < -0.3 is 29.6 Å². The second-order valence-corrected chi connectivity index (χ2v) is 6.10. The number of nitrogens with one attached hydrogen (secondary N) is 2. The van der Waals surface area contributed by atoms with Gasteiger partial charge in [0, 0.05) is 16.8 Å². The molecule has 0 unspecified atom stereocenters. The van der Waals surface area contributed by atoms with Gasteiger partial charge >= 0.3 is 23.9 Å². The summed E-state index contributed by atoms with van der Waals surface area (Å²) >= 11 is 0. The molecule has 0 aromatic heterocycles. The van der Waals surface area contributed by atoms with Crippen LogP contribution in [0.1, 0.15) is 0 Å². The van der Waals surface area contributed by atoms with E-state index in [0.717, 1.165) is 17.5 Å². The van der Waals surface area contributed by atoms with Crippen LogP contribution in [0.3, 0.4) is 0 Å². The maximum atomic E-state index is 12.2. The molecule has 0 spiro atoms. The number of hydrogen-bond acceptors (Lipinski definition) is 10. The first kappa shape index (κ1) is 23.9. The van der Waals surface area contributed by atoms with E-state index in [1.807, 2.05) is 0 Å². The number of methoxy groups -OCH3 is 4. The summed E-state index contributed by atoms with van der Waals surface area (Å²) in [6.45, 7) is 0. The average molecular weight is 442 g/mol. The molecule has 0 radical (unpaired) electrons. The topological polar surface area (TPSA) is 129 Å². The van der Waals surface area contributed by atoms with Crippen LogP contribution in [0.5, 0.6) is 0 Å². The summed E-state index contributed by atoms with van der Waals surface area (Å²) in [6.07, 6.45) is 1.91. The van der Waals surface area contributed by atoms with E-state index in [0.29, 0.717) is 16.8 Å². The lowest BCUT2D eigenvalue weighted by atomic mass is 10.1. The molecule has 0 amide bonds. The summed E-state index contributed by atoms with van der Waals surface area (Å²) in [6, 6.07) is 10.4. The minimum atomic E-state index is -0.793. The van der Waals surface area contributed by atoms with Gasteiger partial charge in [-0.1, -0.05) is 24.3 Å². The third-order valence-corrected chi connectivity index (χ3v) is 4.18. The number of rotatable bonds is 8. The lowest BCUT2D eigenvalue weighted by molar-refractivity contribution is -0.138. The molecule has 0 saturated heterocycles. The van der Waals surface area contributed by atoms with Gasteiger partial charge in [0.25, 0.3) is 0 Å². The van der Waals surface area contributed by atoms with Crippen LogP contribution in [-0.2, 0) is 38.1 Å². The van der Waals surface area contributed by atoms with Crippen molar-refractivity contribution in [2.75, 3.05) is 39.1 Å². The molecule has 168 valence electrons. The number of hydrogen-bond donors (Lipinski definition) is 2. The SMILES string of the molecule is COC(=O)/C=C(\Nc1cccc2cccc(N/C(=C\C(=O)OC)C(=O)OC)c12)C(=O)OC. The molecule has 10 nitrogen and oxygen atoms in total. The number of carbonyl (C=O) groups excluding carboxylic acids is 4. The van der Waals surface area contributed by atoms with Crippen LogP contribution < -0.4 is 10.6 Å². The van der Waals surface area contributed by atoms with Crippen LogP contribution in [0.15, 0.2) is 59.9 Å². The highest BCUT2D eigenvalue weighted by Gasteiger charge is 2.18. The molecule has 0 heterocycles. The molecule has 0 aliphatic rings. The van der Waals surface area contributed by atoms with E-state index in [9.17, 15) is 19.2 Å². The number of carbonyl (C=O) groups is 4. The Morgan fingerprint density at radius 1 is 0.656 bits per heavy atom. The molecular weight excluding hydrogens is 420 g/mol. The van der Waals surface area contributed by atoms with Gasteiger partial charge in [0.1, 0.15) is 11.4 Å². The van der Waals surface area contributed by atoms with Gasteiger partial charge in [-0.05, 0) is 17.5 Å². The zero-order valence-corrected chi connectivity index (χ0v) is 17.9. The molecular formula is C22H22N2O8. The molecule has 32 heavy (non-hydrogen) atoms. The Balaban J connectivity index is 2.61. The van der Waals surface area contributed by atoms with E-state index in [1.54, 1.807) is 36.4 Å². The standard InChI is InChI=1S/C22H22N2O8/c1-29-18(25)11-16(21(27)31-3)23-14-9-5-7-13-8-6-10-15(20(13)14)24-17(22(28)32-4)12-19(26)30-2/h5-12,23-24H,1-4H3/b16-11-,17-12-. The van der Waals surface area contributed by atoms with Gasteiger partial charge in [-0.2, -0.15) is 0 Å². The predicted molar refractivity (Wildman–Crippen MR) is 115 cm³/mol. The van der Waals surface area contributed by atoms with E-state index >= 15 is 0 Å². The first-order valence-electron chi connectivity index (χ1n) is 9.16. The van der Waals surface area contributed by atoms with Gasteiger partial charge in [-0.15, -0.1) is 0 Å². The van der Waals surface area contributed by atoms with Crippen molar-refractivity contribution in [1.29, 1.82) is 0 Å².